The van der Waals surface area contributed by atoms with Crippen molar-refractivity contribution in [3.63, 3.8) is 0 Å². The molecule has 2 aromatic carbocycles. The first kappa shape index (κ1) is 28.8. The lowest BCUT2D eigenvalue weighted by molar-refractivity contribution is -0.122. The first-order valence-electron chi connectivity index (χ1n) is 14.1. The van der Waals surface area contributed by atoms with Crippen LogP contribution >= 0.6 is 15.9 Å². The van der Waals surface area contributed by atoms with Crippen molar-refractivity contribution in [3.05, 3.63) is 69.2 Å². The quantitative estimate of drug-likeness (QED) is 0.216. The number of halogens is 1. The van der Waals surface area contributed by atoms with Gasteiger partial charge in [-0.05, 0) is 73.5 Å². The minimum atomic E-state index is -1.68. The number of fused-ring (bicyclic) bond motifs is 3. The Hall–Kier alpha value is -2.72. The standard InChI is InChI=1S/C31H35BBrNO6/c1-3-6-18(13-20-14-22(33)10-11-26(20)35)9-12-27-28-19(4-2)15-24-29(25(28)17-40-27)31(37)34(30(24)36)23-8-5-7-21(16-23)32(38)39/h5,7-8,10-11,13-14,16,24-25,27,29,35,38-39H,3-4,6,9,12,15,17H2,1-2H3/b18-13+/t24-,25+,27-,29-/m1/s1. The Labute approximate surface area is 243 Å². The highest BCUT2D eigenvalue weighted by molar-refractivity contribution is 9.10. The van der Waals surface area contributed by atoms with Gasteiger partial charge in [-0.1, -0.05) is 65.6 Å². The molecule has 2 fully saturated rings. The first-order chi connectivity index (χ1) is 19.2. The number of aromatic hydroxyl groups is 1. The van der Waals surface area contributed by atoms with Gasteiger partial charge in [0.05, 0.1) is 30.2 Å². The summed E-state index contributed by atoms with van der Waals surface area (Å²) in [6.45, 7) is 4.64. The summed E-state index contributed by atoms with van der Waals surface area (Å²) in [5, 5.41) is 29.6. The molecule has 5 rings (SSSR count). The summed E-state index contributed by atoms with van der Waals surface area (Å²) in [6, 6.07) is 11.7. The summed E-state index contributed by atoms with van der Waals surface area (Å²) in [4.78, 5) is 28.5. The van der Waals surface area contributed by atoms with Crippen molar-refractivity contribution in [2.24, 2.45) is 17.8 Å². The average Bonchev–Trinajstić information content (AvgIpc) is 3.47. The van der Waals surface area contributed by atoms with E-state index in [4.69, 9.17) is 4.74 Å². The summed E-state index contributed by atoms with van der Waals surface area (Å²) in [5.41, 5.74) is 5.02. The predicted octanol–water partition coefficient (Wildman–Crippen LogP) is 4.73. The van der Waals surface area contributed by atoms with Gasteiger partial charge in [-0.15, -0.1) is 0 Å². The molecule has 0 aromatic heterocycles. The minimum absolute atomic E-state index is 0.109. The van der Waals surface area contributed by atoms with E-state index in [1.807, 2.05) is 12.1 Å². The van der Waals surface area contributed by atoms with Crippen molar-refractivity contribution >= 4 is 52.1 Å². The molecule has 3 aliphatic rings. The second-order valence-electron chi connectivity index (χ2n) is 11.0. The topological polar surface area (TPSA) is 107 Å². The number of hydrogen-bond acceptors (Lipinski definition) is 6. The normalized spacial score (nSPS) is 24.5. The molecule has 2 heterocycles. The van der Waals surface area contributed by atoms with Gasteiger partial charge in [0.2, 0.25) is 11.8 Å². The lowest BCUT2D eigenvalue weighted by Gasteiger charge is -2.31. The van der Waals surface area contributed by atoms with Crippen molar-refractivity contribution < 1.29 is 29.5 Å². The number of rotatable bonds is 9. The van der Waals surface area contributed by atoms with Crippen molar-refractivity contribution in [3.8, 4) is 5.75 Å². The van der Waals surface area contributed by atoms with Gasteiger partial charge < -0.3 is 19.9 Å². The smallest absolute Gasteiger partial charge is 0.488 e. The van der Waals surface area contributed by atoms with Crippen LogP contribution in [0, 0.1) is 17.8 Å². The zero-order chi connectivity index (χ0) is 28.6. The van der Waals surface area contributed by atoms with E-state index >= 15 is 0 Å². The largest absolute Gasteiger partial charge is 0.507 e. The number of benzene rings is 2. The summed E-state index contributed by atoms with van der Waals surface area (Å²) in [6.07, 6.45) is 6.78. The van der Waals surface area contributed by atoms with Crippen LogP contribution in [0.1, 0.15) is 57.9 Å². The third kappa shape index (κ3) is 5.44. The fraction of sp³-hybridized carbons (Fsp3) is 0.419. The second-order valence-corrected chi connectivity index (χ2v) is 11.9. The number of allylic oxidation sites excluding steroid dienone is 2. The summed E-state index contributed by atoms with van der Waals surface area (Å²) < 4.78 is 7.26. The van der Waals surface area contributed by atoms with Crippen LogP contribution in [-0.4, -0.2) is 46.8 Å². The van der Waals surface area contributed by atoms with Crippen molar-refractivity contribution in [2.75, 3.05) is 11.5 Å². The molecule has 2 aromatic rings. The Kier molecular flexibility index (Phi) is 8.66. The van der Waals surface area contributed by atoms with Crippen LogP contribution in [0.2, 0.25) is 0 Å². The molecule has 0 bridgehead atoms. The van der Waals surface area contributed by atoms with E-state index in [2.05, 4.69) is 35.9 Å². The second kappa shape index (κ2) is 12.0. The van der Waals surface area contributed by atoms with E-state index in [0.29, 0.717) is 18.7 Å². The Balaban J connectivity index is 1.38. The van der Waals surface area contributed by atoms with Crippen LogP contribution in [0.5, 0.6) is 5.75 Å². The maximum Gasteiger partial charge on any atom is 0.488 e. The highest BCUT2D eigenvalue weighted by Crippen LogP contribution is 2.51. The fourth-order valence-corrected chi connectivity index (χ4v) is 7.04. The van der Waals surface area contributed by atoms with Gasteiger partial charge in [-0.2, -0.15) is 0 Å². The molecular formula is C31H35BBrNO6. The van der Waals surface area contributed by atoms with E-state index in [1.165, 1.54) is 27.7 Å². The zero-order valence-electron chi connectivity index (χ0n) is 22.8. The number of anilines is 1. The molecule has 4 atom stereocenters. The molecule has 1 aliphatic carbocycles. The van der Waals surface area contributed by atoms with Gasteiger partial charge in [0.1, 0.15) is 5.75 Å². The average molecular weight is 608 g/mol. The lowest BCUT2D eigenvalue weighted by Crippen LogP contribution is -2.35. The molecule has 40 heavy (non-hydrogen) atoms. The van der Waals surface area contributed by atoms with Gasteiger partial charge in [-0.3, -0.25) is 14.5 Å². The van der Waals surface area contributed by atoms with Crippen molar-refractivity contribution in [2.45, 2.75) is 58.5 Å². The lowest BCUT2D eigenvalue weighted by atomic mass is 9.69. The molecule has 2 saturated heterocycles. The van der Waals surface area contributed by atoms with Crippen LogP contribution in [0.15, 0.2) is 63.7 Å². The monoisotopic (exact) mass is 607 g/mol. The van der Waals surface area contributed by atoms with Crippen LogP contribution in [0.3, 0.4) is 0 Å². The van der Waals surface area contributed by atoms with E-state index < -0.39 is 19.0 Å². The van der Waals surface area contributed by atoms with Crippen molar-refractivity contribution in [1.82, 2.24) is 0 Å². The van der Waals surface area contributed by atoms with E-state index in [9.17, 15) is 24.7 Å². The van der Waals surface area contributed by atoms with Gasteiger partial charge in [-0.25, -0.2) is 0 Å². The van der Waals surface area contributed by atoms with Gasteiger partial charge in [0.15, 0.2) is 0 Å². The number of imide groups is 1. The van der Waals surface area contributed by atoms with Crippen LogP contribution in [-0.2, 0) is 14.3 Å². The molecule has 9 heteroatoms. The third-order valence-electron chi connectivity index (χ3n) is 8.51. The Morgan fingerprint density at radius 2 is 1.90 bits per heavy atom. The number of phenolic OH excluding ortho intramolecular Hbond substituents is 1. The van der Waals surface area contributed by atoms with Gasteiger partial charge in [0, 0.05) is 16.0 Å². The molecule has 0 unspecified atom stereocenters. The summed E-state index contributed by atoms with van der Waals surface area (Å²) in [5.74, 6) is -1.27. The number of hydrogen-bond donors (Lipinski definition) is 3. The van der Waals surface area contributed by atoms with E-state index in [-0.39, 0.29) is 35.0 Å². The highest BCUT2D eigenvalue weighted by atomic mass is 79.9. The molecule has 0 spiro atoms. The summed E-state index contributed by atoms with van der Waals surface area (Å²) in [7, 11) is -1.68. The van der Waals surface area contributed by atoms with E-state index in [0.717, 1.165) is 42.1 Å². The number of phenols is 1. The Morgan fingerprint density at radius 1 is 1.10 bits per heavy atom. The predicted molar refractivity (Wildman–Crippen MR) is 159 cm³/mol. The van der Waals surface area contributed by atoms with Crippen LogP contribution in [0.25, 0.3) is 6.08 Å². The molecule has 3 N–H and O–H groups in total. The molecule has 210 valence electrons. The SMILES string of the molecule is CCC/C(=C\c1cc(Br)ccc1O)CC[C@H]1OC[C@H]2C1=C(CC)C[C@H]1C(=O)N(c3cccc(B(O)O)c3)C(=O)[C@H]12. The van der Waals surface area contributed by atoms with Crippen molar-refractivity contribution in [1.29, 1.82) is 0 Å². The maximum atomic E-state index is 13.8. The van der Waals surface area contributed by atoms with Gasteiger partial charge in [0.25, 0.3) is 0 Å². The molecule has 2 amide bonds. The molecular weight excluding hydrogens is 573 g/mol. The summed E-state index contributed by atoms with van der Waals surface area (Å²) >= 11 is 3.49. The number of amides is 2. The number of carbonyl (C=O) groups is 2. The fourth-order valence-electron chi connectivity index (χ4n) is 6.66. The molecule has 7 nitrogen and oxygen atoms in total. The van der Waals surface area contributed by atoms with Crippen LogP contribution in [0.4, 0.5) is 5.69 Å². The minimum Gasteiger partial charge on any atom is -0.507 e. The third-order valence-corrected chi connectivity index (χ3v) is 9.00. The number of ether oxygens (including phenoxy) is 1. The first-order valence-corrected chi connectivity index (χ1v) is 14.9. The molecule has 0 saturated carbocycles. The zero-order valence-corrected chi connectivity index (χ0v) is 24.4. The number of nitrogens with zero attached hydrogens (tertiary/aromatic N) is 1. The van der Waals surface area contributed by atoms with Gasteiger partial charge >= 0.3 is 7.12 Å². The van der Waals surface area contributed by atoms with E-state index in [1.54, 1.807) is 24.3 Å². The molecule has 2 aliphatic heterocycles. The maximum absolute atomic E-state index is 13.8. The highest BCUT2D eigenvalue weighted by Gasteiger charge is 2.57. The Bertz CT molecular complexity index is 1370. The number of carbonyl (C=O) groups excluding carboxylic acids is 2. The molecule has 0 radical (unpaired) electrons. The Morgan fingerprint density at radius 3 is 2.62 bits per heavy atom. The van der Waals surface area contributed by atoms with Crippen LogP contribution < -0.4 is 10.4 Å².